The van der Waals surface area contributed by atoms with Gasteiger partial charge in [0.05, 0.1) is 6.42 Å². The molecule has 92 valence electrons. The van der Waals surface area contributed by atoms with E-state index in [4.69, 9.17) is 5.11 Å². The molecule has 0 saturated carbocycles. The molecular formula is C12H16N2O3. The van der Waals surface area contributed by atoms with Crippen LogP contribution in [-0.2, 0) is 4.79 Å². The summed E-state index contributed by atoms with van der Waals surface area (Å²) in [7, 11) is 0. The average molecular weight is 236 g/mol. The summed E-state index contributed by atoms with van der Waals surface area (Å²) in [6.45, 7) is 1.95. The second-order valence-corrected chi connectivity index (χ2v) is 3.77. The highest BCUT2D eigenvalue weighted by Crippen LogP contribution is 2.03. The first kappa shape index (κ1) is 13.2. The van der Waals surface area contributed by atoms with Crippen LogP contribution in [0.3, 0.4) is 0 Å². The van der Waals surface area contributed by atoms with Gasteiger partial charge in [0.1, 0.15) is 5.69 Å². The van der Waals surface area contributed by atoms with Gasteiger partial charge in [0.25, 0.3) is 5.91 Å². The molecule has 1 amide bonds. The van der Waals surface area contributed by atoms with Crippen molar-refractivity contribution in [3.8, 4) is 0 Å². The molecule has 0 aliphatic heterocycles. The molecule has 1 aromatic rings. The molecule has 17 heavy (non-hydrogen) atoms. The number of nitrogens with zero attached hydrogens (tertiary/aromatic N) is 1. The molecule has 5 nitrogen and oxygen atoms in total. The van der Waals surface area contributed by atoms with Crippen molar-refractivity contribution in [2.24, 2.45) is 0 Å². The van der Waals surface area contributed by atoms with Crippen LogP contribution < -0.4 is 5.32 Å². The number of carbonyl (C=O) groups excluding carboxylic acids is 1. The summed E-state index contributed by atoms with van der Waals surface area (Å²) in [4.78, 5) is 26.3. The van der Waals surface area contributed by atoms with Gasteiger partial charge in [0.15, 0.2) is 0 Å². The van der Waals surface area contributed by atoms with Gasteiger partial charge in [-0.25, -0.2) is 0 Å². The van der Waals surface area contributed by atoms with Crippen LogP contribution in [0.15, 0.2) is 24.4 Å². The SMILES string of the molecule is CCCC(CC(=O)O)NC(=O)c1ccccn1. The molecule has 0 aromatic carbocycles. The van der Waals surface area contributed by atoms with Crippen LogP contribution in [-0.4, -0.2) is 28.0 Å². The van der Waals surface area contributed by atoms with Gasteiger partial charge in [0.2, 0.25) is 0 Å². The fraction of sp³-hybridized carbons (Fsp3) is 0.417. The molecule has 0 radical (unpaired) electrons. The Morgan fingerprint density at radius 2 is 2.24 bits per heavy atom. The molecule has 5 heteroatoms. The van der Waals surface area contributed by atoms with E-state index in [0.29, 0.717) is 12.1 Å². The van der Waals surface area contributed by atoms with Gasteiger partial charge in [-0.05, 0) is 18.6 Å². The summed E-state index contributed by atoms with van der Waals surface area (Å²) >= 11 is 0. The zero-order chi connectivity index (χ0) is 12.7. The topological polar surface area (TPSA) is 79.3 Å². The van der Waals surface area contributed by atoms with Crippen LogP contribution in [0.4, 0.5) is 0 Å². The second kappa shape index (κ2) is 6.62. The third kappa shape index (κ3) is 4.63. The minimum atomic E-state index is -0.912. The summed E-state index contributed by atoms with van der Waals surface area (Å²) in [6, 6.07) is 4.69. The van der Waals surface area contributed by atoms with Gasteiger partial charge >= 0.3 is 5.97 Å². The van der Waals surface area contributed by atoms with Crippen LogP contribution in [0.25, 0.3) is 0 Å². The lowest BCUT2D eigenvalue weighted by Gasteiger charge is -2.15. The van der Waals surface area contributed by atoms with Crippen molar-refractivity contribution in [1.29, 1.82) is 0 Å². The quantitative estimate of drug-likeness (QED) is 0.783. The van der Waals surface area contributed by atoms with Crippen molar-refractivity contribution in [1.82, 2.24) is 10.3 Å². The molecule has 1 aromatic heterocycles. The third-order valence-corrected chi connectivity index (χ3v) is 2.29. The average Bonchev–Trinajstić information content (AvgIpc) is 2.29. The largest absolute Gasteiger partial charge is 0.481 e. The summed E-state index contributed by atoms with van der Waals surface area (Å²) in [6.07, 6.45) is 2.93. The first-order valence-electron chi connectivity index (χ1n) is 5.57. The number of pyridine rings is 1. The molecular weight excluding hydrogens is 220 g/mol. The van der Waals surface area contributed by atoms with Gasteiger partial charge < -0.3 is 10.4 Å². The Bertz CT molecular complexity index is 379. The number of aromatic nitrogens is 1. The standard InChI is InChI=1S/C12H16N2O3/c1-2-5-9(8-11(15)16)14-12(17)10-6-3-4-7-13-10/h3-4,6-7,9H,2,5,8H2,1H3,(H,14,17)(H,15,16). The molecule has 0 fully saturated rings. The fourth-order valence-electron chi connectivity index (χ4n) is 1.54. The van der Waals surface area contributed by atoms with E-state index in [1.54, 1.807) is 18.2 Å². The second-order valence-electron chi connectivity index (χ2n) is 3.77. The lowest BCUT2D eigenvalue weighted by molar-refractivity contribution is -0.137. The smallest absolute Gasteiger partial charge is 0.305 e. The molecule has 1 rings (SSSR count). The first-order valence-corrected chi connectivity index (χ1v) is 5.57. The Kier molecular flexibility index (Phi) is 5.13. The van der Waals surface area contributed by atoms with Crippen LogP contribution in [0, 0.1) is 0 Å². The minimum absolute atomic E-state index is 0.0631. The summed E-state index contributed by atoms with van der Waals surface area (Å²) in [5.41, 5.74) is 0.305. The van der Waals surface area contributed by atoms with Crippen LogP contribution in [0.1, 0.15) is 36.7 Å². The monoisotopic (exact) mass is 236 g/mol. The van der Waals surface area contributed by atoms with Gasteiger partial charge in [-0.1, -0.05) is 19.4 Å². The van der Waals surface area contributed by atoms with E-state index in [-0.39, 0.29) is 18.4 Å². The number of carbonyl (C=O) groups is 2. The van der Waals surface area contributed by atoms with E-state index >= 15 is 0 Å². The van der Waals surface area contributed by atoms with E-state index < -0.39 is 5.97 Å². The van der Waals surface area contributed by atoms with Gasteiger partial charge in [-0.15, -0.1) is 0 Å². The van der Waals surface area contributed by atoms with Crippen molar-refractivity contribution in [3.63, 3.8) is 0 Å². The first-order chi connectivity index (χ1) is 8.13. The van der Waals surface area contributed by atoms with E-state index in [1.807, 2.05) is 6.92 Å². The number of amides is 1. The Morgan fingerprint density at radius 1 is 1.47 bits per heavy atom. The molecule has 1 heterocycles. The summed E-state index contributed by atoms with van der Waals surface area (Å²) in [5.74, 6) is -1.24. The third-order valence-electron chi connectivity index (χ3n) is 2.29. The van der Waals surface area contributed by atoms with Crippen molar-refractivity contribution in [2.45, 2.75) is 32.2 Å². The number of nitrogens with one attached hydrogen (secondary N) is 1. The van der Waals surface area contributed by atoms with Gasteiger partial charge in [-0.3, -0.25) is 14.6 Å². The highest BCUT2D eigenvalue weighted by Gasteiger charge is 2.16. The Labute approximate surface area is 99.9 Å². The molecule has 0 spiro atoms. The number of carboxylic acids is 1. The van der Waals surface area contributed by atoms with E-state index in [2.05, 4.69) is 10.3 Å². The fourth-order valence-corrected chi connectivity index (χ4v) is 1.54. The normalized spacial score (nSPS) is 11.8. The maximum absolute atomic E-state index is 11.7. The number of hydrogen-bond donors (Lipinski definition) is 2. The predicted octanol–water partition coefficient (Wildman–Crippen LogP) is 1.45. The van der Waals surface area contributed by atoms with Gasteiger partial charge in [-0.2, -0.15) is 0 Å². The van der Waals surface area contributed by atoms with Crippen LogP contribution >= 0.6 is 0 Å². The van der Waals surface area contributed by atoms with Crippen LogP contribution in [0.5, 0.6) is 0 Å². The molecule has 0 bridgehead atoms. The van der Waals surface area contributed by atoms with E-state index in [9.17, 15) is 9.59 Å². The number of rotatable bonds is 6. The Balaban J connectivity index is 2.60. The lowest BCUT2D eigenvalue weighted by Crippen LogP contribution is -2.36. The van der Waals surface area contributed by atoms with Crippen molar-refractivity contribution in [3.05, 3.63) is 30.1 Å². The maximum atomic E-state index is 11.7. The highest BCUT2D eigenvalue weighted by atomic mass is 16.4. The van der Waals surface area contributed by atoms with E-state index in [1.165, 1.54) is 6.20 Å². The van der Waals surface area contributed by atoms with Crippen molar-refractivity contribution in [2.75, 3.05) is 0 Å². The molecule has 1 unspecified atom stereocenters. The van der Waals surface area contributed by atoms with E-state index in [0.717, 1.165) is 6.42 Å². The molecule has 2 N–H and O–H groups in total. The van der Waals surface area contributed by atoms with Crippen molar-refractivity contribution < 1.29 is 14.7 Å². The number of hydrogen-bond acceptors (Lipinski definition) is 3. The highest BCUT2D eigenvalue weighted by molar-refractivity contribution is 5.92. The number of carboxylic acid groups (broad SMARTS) is 1. The predicted molar refractivity (Wildman–Crippen MR) is 62.7 cm³/mol. The minimum Gasteiger partial charge on any atom is -0.481 e. The Hall–Kier alpha value is -1.91. The zero-order valence-corrected chi connectivity index (χ0v) is 9.72. The van der Waals surface area contributed by atoms with Gasteiger partial charge in [0, 0.05) is 12.2 Å². The van der Waals surface area contributed by atoms with Crippen molar-refractivity contribution >= 4 is 11.9 Å². The Morgan fingerprint density at radius 3 is 2.76 bits per heavy atom. The zero-order valence-electron chi connectivity index (χ0n) is 9.72. The molecule has 0 saturated heterocycles. The molecule has 0 aliphatic rings. The summed E-state index contributed by atoms with van der Waals surface area (Å²) in [5, 5.41) is 11.4. The maximum Gasteiger partial charge on any atom is 0.305 e. The summed E-state index contributed by atoms with van der Waals surface area (Å²) < 4.78 is 0. The number of aliphatic carboxylic acids is 1. The lowest BCUT2D eigenvalue weighted by atomic mass is 10.1. The van der Waals surface area contributed by atoms with Crippen LogP contribution in [0.2, 0.25) is 0 Å². The molecule has 0 aliphatic carbocycles. The molecule has 1 atom stereocenters.